The van der Waals surface area contributed by atoms with Crippen molar-refractivity contribution in [3.63, 3.8) is 0 Å². The minimum Gasteiger partial charge on any atom is -0.378 e. The summed E-state index contributed by atoms with van der Waals surface area (Å²) in [5.74, 6) is 0.0659. The molecule has 1 saturated heterocycles. The van der Waals surface area contributed by atoms with Crippen molar-refractivity contribution in [3.05, 3.63) is 0 Å². The van der Waals surface area contributed by atoms with Gasteiger partial charge in [0.2, 0.25) is 5.91 Å². The Labute approximate surface area is 98.1 Å². The van der Waals surface area contributed by atoms with Gasteiger partial charge in [-0.05, 0) is 32.6 Å². The Morgan fingerprint density at radius 2 is 2.25 bits per heavy atom. The summed E-state index contributed by atoms with van der Waals surface area (Å²) in [6.45, 7) is 6.30. The molecule has 2 N–H and O–H groups in total. The third kappa shape index (κ3) is 4.10. The van der Waals surface area contributed by atoms with Crippen LogP contribution in [0.15, 0.2) is 0 Å². The lowest BCUT2D eigenvalue weighted by atomic mass is 10.2. The van der Waals surface area contributed by atoms with Gasteiger partial charge in [-0.15, -0.1) is 0 Å². The molecule has 0 spiro atoms. The molecular formula is C12H24N2O2. The van der Waals surface area contributed by atoms with Gasteiger partial charge in [0.15, 0.2) is 0 Å². The Morgan fingerprint density at radius 1 is 1.50 bits per heavy atom. The summed E-state index contributed by atoms with van der Waals surface area (Å²) >= 11 is 0. The zero-order valence-corrected chi connectivity index (χ0v) is 10.4. The van der Waals surface area contributed by atoms with Crippen LogP contribution in [0.3, 0.4) is 0 Å². The van der Waals surface area contributed by atoms with Gasteiger partial charge in [-0.2, -0.15) is 0 Å². The molecule has 1 aliphatic heterocycles. The standard InChI is InChI=1S/C12H24N2O2/c1-3-9-16-11-5-4-7-14(8-6-11)12(15)10(2)13/h10-11H,3-9,13H2,1-2H3/t10-,11?/m1/s1. The third-order valence-electron chi connectivity index (χ3n) is 2.93. The van der Waals surface area contributed by atoms with E-state index in [2.05, 4.69) is 6.92 Å². The smallest absolute Gasteiger partial charge is 0.239 e. The maximum atomic E-state index is 11.7. The molecule has 16 heavy (non-hydrogen) atoms. The number of carbonyl (C=O) groups excluding carboxylic acids is 1. The molecule has 1 aliphatic rings. The highest BCUT2D eigenvalue weighted by Crippen LogP contribution is 2.15. The van der Waals surface area contributed by atoms with Gasteiger partial charge in [0.25, 0.3) is 0 Å². The number of likely N-dealkylation sites (tertiary alicyclic amines) is 1. The number of rotatable bonds is 4. The lowest BCUT2D eigenvalue weighted by molar-refractivity contribution is -0.132. The van der Waals surface area contributed by atoms with Gasteiger partial charge in [-0.3, -0.25) is 4.79 Å². The first-order chi connectivity index (χ1) is 7.65. The quantitative estimate of drug-likeness (QED) is 0.785. The lowest BCUT2D eigenvalue weighted by Crippen LogP contribution is -2.42. The van der Waals surface area contributed by atoms with E-state index in [1.54, 1.807) is 6.92 Å². The Bertz CT molecular complexity index is 219. The van der Waals surface area contributed by atoms with Gasteiger partial charge in [-0.1, -0.05) is 6.92 Å². The minimum absolute atomic E-state index is 0.0659. The molecule has 1 heterocycles. The molecular weight excluding hydrogens is 204 g/mol. The van der Waals surface area contributed by atoms with Crippen LogP contribution in [0.2, 0.25) is 0 Å². The van der Waals surface area contributed by atoms with Crippen LogP contribution in [0.4, 0.5) is 0 Å². The van der Waals surface area contributed by atoms with Crippen molar-refractivity contribution in [2.24, 2.45) is 5.73 Å². The van der Waals surface area contributed by atoms with Gasteiger partial charge >= 0.3 is 0 Å². The highest BCUT2D eigenvalue weighted by molar-refractivity contribution is 5.81. The maximum absolute atomic E-state index is 11.7. The summed E-state index contributed by atoms with van der Waals surface area (Å²) in [4.78, 5) is 13.6. The molecule has 4 nitrogen and oxygen atoms in total. The van der Waals surface area contributed by atoms with Crippen LogP contribution < -0.4 is 5.73 Å². The summed E-state index contributed by atoms with van der Waals surface area (Å²) < 4.78 is 5.73. The predicted octanol–water partition coefficient (Wildman–Crippen LogP) is 1.14. The Balaban J connectivity index is 2.37. The molecule has 1 unspecified atom stereocenters. The zero-order chi connectivity index (χ0) is 12.0. The second-order valence-electron chi connectivity index (χ2n) is 4.54. The van der Waals surface area contributed by atoms with Crippen molar-refractivity contribution in [1.29, 1.82) is 0 Å². The maximum Gasteiger partial charge on any atom is 0.239 e. The zero-order valence-electron chi connectivity index (χ0n) is 10.4. The second kappa shape index (κ2) is 6.86. The van der Waals surface area contributed by atoms with E-state index in [9.17, 15) is 4.79 Å². The molecule has 0 bridgehead atoms. The number of nitrogens with two attached hydrogens (primary N) is 1. The van der Waals surface area contributed by atoms with E-state index < -0.39 is 0 Å². The van der Waals surface area contributed by atoms with Crippen LogP contribution in [-0.4, -0.2) is 42.6 Å². The second-order valence-corrected chi connectivity index (χ2v) is 4.54. The fourth-order valence-electron chi connectivity index (χ4n) is 2.03. The number of ether oxygens (including phenoxy) is 1. The molecule has 0 saturated carbocycles. The Morgan fingerprint density at radius 3 is 2.88 bits per heavy atom. The van der Waals surface area contributed by atoms with Crippen LogP contribution in [0, 0.1) is 0 Å². The summed E-state index contributed by atoms with van der Waals surface area (Å²) in [5.41, 5.74) is 5.61. The van der Waals surface area contributed by atoms with Gasteiger partial charge < -0.3 is 15.4 Å². The first-order valence-corrected chi connectivity index (χ1v) is 6.31. The van der Waals surface area contributed by atoms with E-state index in [-0.39, 0.29) is 11.9 Å². The molecule has 1 amide bonds. The molecule has 1 rings (SSSR count). The highest BCUT2D eigenvalue weighted by atomic mass is 16.5. The van der Waals surface area contributed by atoms with Gasteiger partial charge in [0.1, 0.15) is 0 Å². The molecule has 0 radical (unpaired) electrons. The highest BCUT2D eigenvalue weighted by Gasteiger charge is 2.22. The first kappa shape index (κ1) is 13.5. The van der Waals surface area contributed by atoms with E-state index in [0.29, 0.717) is 6.10 Å². The molecule has 94 valence electrons. The van der Waals surface area contributed by atoms with E-state index >= 15 is 0 Å². The number of hydrogen-bond acceptors (Lipinski definition) is 3. The topological polar surface area (TPSA) is 55.6 Å². The number of amides is 1. The molecule has 4 heteroatoms. The SMILES string of the molecule is CCCOC1CCCN(C(=O)[C@@H](C)N)CC1. The average molecular weight is 228 g/mol. The van der Waals surface area contributed by atoms with E-state index in [0.717, 1.165) is 45.4 Å². The largest absolute Gasteiger partial charge is 0.378 e. The normalized spacial score (nSPS) is 23.9. The molecule has 0 aromatic carbocycles. The fraction of sp³-hybridized carbons (Fsp3) is 0.917. The number of nitrogens with zero attached hydrogens (tertiary/aromatic N) is 1. The van der Waals surface area contributed by atoms with Crippen LogP contribution >= 0.6 is 0 Å². The van der Waals surface area contributed by atoms with Crippen molar-refractivity contribution in [3.8, 4) is 0 Å². The summed E-state index contributed by atoms with van der Waals surface area (Å²) in [6.07, 6.45) is 4.40. The minimum atomic E-state index is -0.381. The van der Waals surface area contributed by atoms with Crippen LogP contribution in [0.5, 0.6) is 0 Å². The monoisotopic (exact) mass is 228 g/mol. The van der Waals surface area contributed by atoms with E-state index in [4.69, 9.17) is 10.5 Å². The summed E-state index contributed by atoms with van der Waals surface area (Å²) in [5, 5.41) is 0. The summed E-state index contributed by atoms with van der Waals surface area (Å²) in [6, 6.07) is -0.381. The van der Waals surface area contributed by atoms with Gasteiger partial charge in [0, 0.05) is 19.7 Å². The van der Waals surface area contributed by atoms with Crippen molar-refractivity contribution in [1.82, 2.24) is 4.90 Å². The number of hydrogen-bond donors (Lipinski definition) is 1. The number of carbonyl (C=O) groups is 1. The Kier molecular flexibility index (Phi) is 5.77. The first-order valence-electron chi connectivity index (χ1n) is 6.31. The van der Waals surface area contributed by atoms with Gasteiger partial charge in [-0.25, -0.2) is 0 Å². The lowest BCUT2D eigenvalue weighted by Gasteiger charge is -2.22. The fourth-order valence-corrected chi connectivity index (χ4v) is 2.03. The average Bonchev–Trinajstić information content (AvgIpc) is 2.50. The van der Waals surface area contributed by atoms with Crippen LogP contribution in [0.1, 0.15) is 39.5 Å². The van der Waals surface area contributed by atoms with Crippen molar-refractivity contribution >= 4 is 5.91 Å². The molecule has 0 aromatic rings. The molecule has 0 aromatic heterocycles. The molecule has 1 fully saturated rings. The van der Waals surface area contributed by atoms with Crippen LogP contribution in [-0.2, 0) is 9.53 Å². The van der Waals surface area contributed by atoms with Crippen molar-refractivity contribution < 1.29 is 9.53 Å². The predicted molar refractivity (Wildman–Crippen MR) is 64.1 cm³/mol. The molecule has 0 aliphatic carbocycles. The van der Waals surface area contributed by atoms with E-state index in [1.807, 2.05) is 4.90 Å². The Hall–Kier alpha value is -0.610. The van der Waals surface area contributed by atoms with Gasteiger partial charge in [0.05, 0.1) is 12.1 Å². The van der Waals surface area contributed by atoms with Crippen molar-refractivity contribution in [2.45, 2.75) is 51.7 Å². The van der Waals surface area contributed by atoms with Crippen LogP contribution in [0.25, 0.3) is 0 Å². The van der Waals surface area contributed by atoms with E-state index in [1.165, 1.54) is 0 Å². The third-order valence-corrected chi connectivity index (χ3v) is 2.93. The van der Waals surface area contributed by atoms with Crippen molar-refractivity contribution in [2.75, 3.05) is 19.7 Å². The molecule has 2 atom stereocenters. The summed E-state index contributed by atoms with van der Waals surface area (Å²) in [7, 11) is 0.